The van der Waals surface area contributed by atoms with E-state index in [2.05, 4.69) is 5.32 Å². The number of rotatable bonds is 2. The standard InChI is InChI=1S/C17H12F3N3O/c18-17(19,20)13-3-1-2-11-12(16(24)23-15(11)13)6-9-4-5-10(8-21)14(22)7-9/h1-8,21H,22H2,(H,23,24)/b12-6+,21-8?. The zero-order valence-electron chi connectivity index (χ0n) is 12.2. The number of carbonyl (C=O) groups is 1. The number of alkyl halides is 3. The molecule has 0 aromatic heterocycles. The summed E-state index contributed by atoms with van der Waals surface area (Å²) in [5.74, 6) is -0.601. The van der Waals surface area contributed by atoms with Crippen molar-refractivity contribution in [2.24, 2.45) is 0 Å². The molecule has 0 saturated heterocycles. The second-order valence-electron chi connectivity index (χ2n) is 5.27. The van der Waals surface area contributed by atoms with Gasteiger partial charge in [-0.2, -0.15) is 13.2 Å². The summed E-state index contributed by atoms with van der Waals surface area (Å²) in [5.41, 5.74) is 6.45. The van der Waals surface area contributed by atoms with Gasteiger partial charge < -0.3 is 16.5 Å². The largest absolute Gasteiger partial charge is 0.418 e. The molecule has 0 spiro atoms. The zero-order valence-corrected chi connectivity index (χ0v) is 12.2. The summed E-state index contributed by atoms with van der Waals surface area (Å²) in [6, 6.07) is 8.47. The topological polar surface area (TPSA) is 79.0 Å². The third kappa shape index (κ3) is 2.64. The van der Waals surface area contributed by atoms with Gasteiger partial charge >= 0.3 is 6.18 Å². The quantitative estimate of drug-likeness (QED) is 0.445. The van der Waals surface area contributed by atoms with Crippen LogP contribution in [-0.2, 0) is 11.0 Å². The molecule has 0 atom stereocenters. The molecule has 3 rings (SSSR count). The fourth-order valence-corrected chi connectivity index (χ4v) is 2.58. The number of carbonyl (C=O) groups excluding carboxylic acids is 1. The van der Waals surface area contributed by atoms with Gasteiger partial charge in [-0.05, 0) is 23.8 Å². The first-order valence-electron chi connectivity index (χ1n) is 6.95. The van der Waals surface area contributed by atoms with Gasteiger partial charge in [0.1, 0.15) is 0 Å². The Kier molecular flexibility index (Phi) is 3.63. The van der Waals surface area contributed by atoms with E-state index in [0.29, 0.717) is 16.8 Å². The van der Waals surface area contributed by atoms with Gasteiger partial charge in [0, 0.05) is 28.6 Å². The minimum absolute atomic E-state index is 0.137. The molecular formula is C17H12F3N3O. The number of nitrogen functional groups attached to an aromatic ring is 1. The molecule has 7 heteroatoms. The third-order valence-electron chi connectivity index (χ3n) is 3.72. The maximum Gasteiger partial charge on any atom is 0.418 e. The van der Waals surface area contributed by atoms with Gasteiger partial charge in [0.15, 0.2) is 0 Å². The van der Waals surface area contributed by atoms with Gasteiger partial charge in [-0.25, -0.2) is 0 Å². The number of benzene rings is 2. The predicted octanol–water partition coefficient (Wildman–Crippen LogP) is 3.78. The van der Waals surface area contributed by atoms with Crippen LogP contribution < -0.4 is 11.1 Å². The van der Waals surface area contributed by atoms with Crippen LogP contribution in [0.2, 0.25) is 0 Å². The predicted molar refractivity (Wildman–Crippen MR) is 86.7 cm³/mol. The number of hydrogen-bond acceptors (Lipinski definition) is 3. The number of fused-ring (bicyclic) bond motifs is 1. The van der Waals surface area contributed by atoms with Gasteiger partial charge in [-0.15, -0.1) is 0 Å². The monoisotopic (exact) mass is 331 g/mol. The van der Waals surface area contributed by atoms with Crippen molar-refractivity contribution in [2.45, 2.75) is 6.18 Å². The molecule has 4 nitrogen and oxygen atoms in total. The summed E-state index contributed by atoms with van der Waals surface area (Å²) in [6.45, 7) is 0. The summed E-state index contributed by atoms with van der Waals surface area (Å²) in [6.07, 6.45) is -1.98. The van der Waals surface area contributed by atoms with Crippen LogP contribution in [0.4, 0.5) is 24.5 Å². The molecule has 2 aromatic carbocycles. The smallest absolute Gasteiger partial charge is 0.398 e. The molecule has 0 bridgehead atoms. The first-order chi connectivity index (χ1) is 11.3. The molecule has 0 aliphatic carbocycles. The van der Waals surface area contributed by atoms with E-state index in [9.17, 15) is 18.0 Å². The van der Waals surface area contributed by atoms with Crippen LogP contribution in [-0.4, -0.2) is 12.1 Å². The summed E-state index contributed by atoms with van der Waals surface area (Å²) in [4.78, 5) is 12.1. The summed E-state index contributed by atoms with van der Waals surface area (Å²) in [5, 5.41) is 9.48. The summed E-state index contributed by atoms with van der Waals surface area (Å²) < 4.78 is 39.2. The fraction of sp³-hybridized carbons (Fsp3) is 0.0588. The highest BCUT2D eigenvalue weighted by molar-refractivity contribution is 6.35. The maximum absolute atomic E-state index is 13.1. The van der Waals surface area contributed by atoms with Crippen LogP contribution in [0.15, 0.2) is 36.4 Å². The average Bonchev–Trinajstić information content (AvgIpc) is 2.82. The lowest BCUT2D eigenvalue weighted by Gasteiger charge is -2.10. The first kappa shape index (κ1) is 15.8. The van der Waals surface area contributed by atoms with Crippen LogP contribution in [0.3, 0.4) is 0 Å². The maximum atomic E-state index is 13.1. The molecule has 1 aliphatic rings. The van der Waals surface area contributed by atoms with E-state index < -0.39 is 17.6 Å². The van der Waals surface area contributed by atoms with E-state index in [-0.39, 0.29) is 16.8 Å². The molecular weight excluding hydrogens is 319 g/mol. The number of anilines is 2. The average molecular weight is 331 g/mol. The number of nitrogens with two attached hydrogens (primary N) is 1. The van der Waals surface area contributed by atoms with Gasteiger partial charge in [0.25, 0.3) is 5.91 Å². The molecule has 0 unspecified atom stereocenters. The first-order valence-corrected chi connectivity index (χ1v) is 6.95. The summed E-state index contributed by atoms with van der Waals surface area (Å²) >= 11 is 0. The zero-order chi connectivity index (χ0) is 17.5. The van der Waals surface area contributed by atoms with Crippen molar-refractivity contribution in [3.63, 3.8) is 0 Å². The van der Waals surface area contributed by atoms with Gasteiger partial charge in [-0.3, -0.25) is 4.79 Å². The van der Waals surface area contributed by atoms with Crippen LogP contribution in [0.1, 0.15) is 22.3 Å². The van der Waals surface area contributed by atoms with E-state index in [1.165, 1.54) is 18.2 Å². The highest BCUT2D eigenvalue weighted by atomic mass is 19.4. The fourth-order valence-electron chi connectivity index (χ4n) is 2.58. The van der Waals surface area contributed by atoms with Crippen LogP contribution in [0.25, 0.3) is 11.6 Å². The Hall–Kier alpha value is -3.09. The van der Waals surface area contributed by atoms with Crippen LogP contribution >= 0.6 is 0 Å². The van der Waals surface area contributed by atoms with E-state index in [0.717, 1.165) is 12.3 Å². The van der Waals surface area contributed by atoms with Gasteiger partial charge in [-0.1, -0.05) is 24.3 Å². The van der Waals surface area contributed by atoms with Crippen molar-refractivity contribution < 1.29 is 18.0 Å². The Morgan fingerprint density at radius 3 is 2.54 bits per heavy atom. The second kappa shape index (κ2) is 5.52. The molecule has 122 valence electrons. The highest BCUT2D eigenvalue weighted by Gasteiger charge is 2.38. The molecule has 0 fully saturated rings. The molecule has 1 aliphatic heterocycles. The Morgan fingerprint density at radius 1 is 1.17 bits per heavy atom. The number of nitrogens with one attached hydrogen (secondary N) is 2. The lowest BCUT2D eigenvalue weighted by Crippen LogP contribution is -2.10. The molecule has 4 N–H and O–H groups in total. The number of hydrogen-bond donors (Lipinski definition) is 3. The normalized spacial score (nSPS) is 15.3. The third-order valence-corrected chi connectivity index (χ3v) is 3.72. The molecule has 0 saturated carbocycles. The van der Waals surface area contributed by atoms with Crippen molar-refractivity contribution in [3.05, 3.63) is 58.7 Å². The molecule has 2 aromatic rings. The van der Waals surface area contributed by atoms with Crippen molar-refractivity contribution in [1.29, 1.82) is 5.41 Å². The Bertz CT molecular complexity index is 885. The Morgan fingerprint density at radius 2 is 1.92 bits per heavy atom. The van der Waals surface area contributed by atoms with E-state index in [4.69, 9.17) is 11.1 Å². The molecule has 0 radical (unpaired) electrons. The highest BCUT2D eigenvalue weighted by Crippen LogP contribution is 2.42. The van der Waals surface area contributed by atoms with Crippen molar-refractivity contribution >= 4 is 35.1 Å². The van der Waals surface area contributed by atoms with Crippen molar-refractivity contribution in [2.75, 3.05) is 11.1 Å². The van der Waals surface area contributed by atoms with E-state index in [1.807, 2.05) is 0 Å². The van der Waals surface area contributed by atoms with Gasteiger partial charge in [0.05, 0.1) is 11.3 Å². The molecule has 1 amide bonds. The van der Waals surface area contributed by atoms with E-state index in [1.54, 1.807) is 18.2 Å². The minimum Gasteiger partial charge on any atom is -0.398 e. The molecule has 24 heavy (non-hydrogen) atoms. The lowest BCUT2D eigenvalue weighted by atomic mass is 10.0. The van der Waals surface area contributed by atoms with Crippen LogP contribution in [0.5, 0.6) is 0 Å². The van der Waals surface area contributed by atoms with Gasteiger partial charge in [0.2, 0.25) is 0 Å². The van der Waals surface area contributed by atoms with Crippen LogP contribution in [0, 0.1) is 5.41 Å². The molecule has 1 heterocycles. The second-order valence-corrected chi connectivity index (χ2v) is 5.27. The van der Waals surface area contributed by atoms with Crippen molar-refractivity contribution in [1.82, 2.24) is 0 Å². The van der Waals surface area contributed by atoms with Crippen molar-refractivity contribution in [3.8, 4) is 0 Å². The lowest BCUT2D eigenvalue weighted by molar-refractivity contribution is -0.136. The minimum atomic E-state index is -4.55. The Balaban J connectivity index is 2.11. The number of para-hydroxylation sites is 1. The Labute approximate surface area is 135 Å². The SMILES string of the molecule is N=Cc1ccc(/C=C2/C(=O)Nc3c2cccc3C(F)(F)F)cc1N. The van der Waals surface area contributed by atoms with E-state index >= 15 is 0 Å². The number of halogens is 3. The summed E-state index contributed by atoms with van der Waals surface area (Å²) in [7, 11) is 0. The number of amides is 1.